The van der Waals surface area contributed by atoms with E-state index in [1.165, 1.54) is 10.9 Å². The summed E-state index contributed by atoms with van der Waals surface area (Å²) in [6.45, 7) is 3.57. The van der Waals surface area contributed by atoms with E-state index in [0.717, 1.165) is 24.9 Å². The Morgan fingerprint density at radius 3 is 3.19 bits per heavy atom. The van der Waals surface area contributed by atoms with Crippen molar-refractivity contribution in [2.75, 3.05) is 13.2 Å². The molecule has 0 radical (unpaired) electrons. The molecule has 1 fully saturated rings. The molecule has 142 valence electrons. The first-order chi connectivity index (χ1) is 13.3. The predicted molar refractivity (Wildman–Crippen MR) is 99.9 cm³/mol. The molecule has 1 aliphatic heterocycles. The number of aromatic nitrogens is 3. The molecule has 0 aliphatic carbocycles. The van der Waals surface area contributed by atoms with Crippen molar-refractivity contribution in [2.45, 2.75) is 45.3 Å². The molecule has 7 heteroatoms. The molecule has 1 unspecified atom stereocenters. The molecule has 0 spiro atoms. The molecule has 1 N–H and O–H groups in total. The van der Waals surface area contributed by atoms with E-state index in [0.29, 0.717) is 37.8 Å². The molecule has 3 heterocycles. The molecule has 1 amide bonds. The number of hydrogen-bond acceptors (Lipinski definition) is 5. The van der Waals surface area contributed by atoms with Crippen molar-refractivity contribution < 1.29 is 14.1 Å². The number of carbonyl (C=O) groups excluding carboxylic acids is 1. The van der Waals surface area contributed by atoms with Gasteiger partial charge in [-0.05, 0) is 37.8 Å². The highest BCUT2D eigenvalue weighted by Crippen LogP contribution is 2.31. The predicted octanol–water partition coefficient (Wildman–Crippen LogP) is 3.38. The standard InChI is InChI=1S/C20H24N4O3/c1-2-26-13-18-22-20(23-27-18)17-8-5-11-24(17)19(25)10-9-14-12-21-16-7-4-3-6-15(14)16/h3-4,6-7,12,17,21H,2,5,8-11,13H2,1H3. The molecule has 1 aliphatic rings. The summed E-state index contributed by atoms with van der Waals surface area (Å²) >= 11 is 0. The van der Waals surface area contributed by atoms with Gasteiger partial charge < -0.3 is 19.1 Å². The number of amides is 1. The molecule has 0 saturated carbocycles. The first kappa shape index (κ1) is 17.7. The van der Waals surface area contributed by atoms with E-state index >= 15 is 0 Å². The van der Waals surface area contributed by atoms with E-state index in [1.54, 1.807) is 0 Å². The smallest absolute Gasteiger partial charge is 0.252 e. The van der Waals surface area contributed by atoms with Crippen molar-refractivity contribution in [1.82, 2.24) is 20.0 Å². The number of nitrogens with one attached hydrogen (secondary N) is 1. The van der Waals surface area contributed by atoms with Gasteiger partial charge in [0.25, 0.3) is 5.89 Å². The topological polar surface area (TPSA) is 84.2 Å². The van der Waals surface area contributed by atoms with Crippen LogP contribution in [0.1, 0.15) is 49.5 Å². The minimum absolute atomic E-state index is 0.0976. The van der Waals surface area contributed by atoms with Gasteiger partial charge in [0.2, 0.25) is 5.91 Å². The van der Waals surface area contributed by atoms with E-state index in [1.807, 2.05) is 36.2 Å². The Morgan fingerprint density at radius 2 is 2.30 bits per heavy atom. The molecule has 0 bridgehead atoms. The van der Waals surface area contributed by atoms with Crippen LogP contribution in [-0.2, 0) is 22.6 Å². The molecule has 1 saturated heterocycles. The number of ether oxygens (including phenoxy) is 1. The van der Waals surface area contributed by atoms with Crippen LogP contribution in [0, 0.1) is 0 Å². The molecule has 1 atom stereocenters. The highest BCUT2D eigenvalue weighted by atomic mass is 16.5. The van der Waals surface area contributed by atoms with Crippen LogP contribution in [0.15, 0.2) is 35.0 Å². The molecule has 3 aromatic rings. The first-order valence-corrected chi connectivity index (χ1v) is 9.51. The van der Waals surface area contributed by atoms with Gasteiger partial charge in [0.15, 0.2) is 5.82 Å². The van der Waals surface area contributed by atoms with E-state index < -0.39 is 0 Å². The molecule has 7 nitrogen and oxygen atoms in total. The van der Waals surface area contributed by atoms with Crippen LogP contribution in [-0.4, -0.2) is 39.1 Å². The maximum absolute atomic E-state index is 12.8. The number of rotatable bonds is 7. The number of H-pyrrole nitrogens is 1. The average Bonchev–Trinajstić information content (AvgIpc) is 3.43. The van der Waals surface area contributed by atoms with Crippen LogP contribution >= 0.6 is 0 Å². The molecule has 27 heavy (non-hydrogen) atoms. The summed E-state index contributed by atoms with van der Waals surface area (Å²) < 4.78 is 10.6. The number of carbonyl (C=O) groups is 1. The van der Waals surface area contributed by atoms with Gasteiger partial charge in [-0.2, -0.15) is 4.98 Å². The number of likely N-dealkylation sites (tertiary alicyclic amines) is 1. The second kappa shape index (κ2) is 7.92. The van der Waals surface area contributed by atoms with E-state index in [9.17, 15) is 4.79 Å². The Labute approximate surface area is 157 Å². The normalized spacial score (nSPS) is 17.1. The SMILES string of the molecule is CCOCc1nc(C2CCCN2C(=O)CCc2c[nH]c3ccccc23)no1. The number of nitrogens with zero attached hydrogens (tertiary/aromatic N) is 3. The van der Waals surface area contributed by atoms with E-state index in [2.05, 4.69) is 21.2 Å². The lowest BCUT2D eigenvalue weighted by Gasteiger charge is -2.22. The fraction of sp³-hybridized carbons (Fsp3) is 0.450. The lowest BCUT2D eigenvalue weighted by Crippen LogP contribution is -2.31. The minimum Gasteiger partial charge on any atom is -0.372 e. The van der Waals surface area contributed by atoms with E-state index in [4.69, 9.17) is 9.26 Å². The summed E-state index contributed by atoms with van der Waals surface area (Å²) in [5.74, 6) is 1.19. The number of fused-ring (bicyclic) bond motifs is 1. The third-order valence-corrected chi connectivity index (χ3v) is 5.07. The lowest BCUT2D eigenvalue weighted by molar-refractivity contribution is -0.132. The van der Waals surface area contributed by atoms with Gasteiger partial charge in [-0.1, -0.05) is 23.4 Å². The zero-order chi connectivity index (χ0) is 18.6. The van der Waals surface area contributed by atoms with Gasteiger partial charge >= 0.3 is 0 Å². The van der Waals surface area contributed by atoms with Gasteiger partial charge in [0.1, 0.15) is 6.61 Å². The molecule has 4 rings (SSSR count). The van der Waals surface area contributed by atoms with Crippen molar-refractivity contribution in [2.24, 2.45) is 0 Å². The zero-order valence-electron chi connectivity index (χ0n) is 15.5. The molecule has 1 aromatic carbocycles. The molecular weight excluding hydrogens is 344 g/mol. The number of aryl methyl sites for hydroxylation is 1. The highest BCUT2D eigenvalue weighted by Gasteiger charge is 2.33. The summed E-state index contributed by atoms with van der Waals surface area (Å²) in [7, 11) is 0. The Kier molecular flexibility index (Phi) is 5.20. The van der Waals surface area contributed by atoms with Crippen molar-refractivity contribution >= 4 is 16.8 Å². The number of hydrogen-bond donors (Lipinski definition) is 1. The maximum atomic E-state index is 12.8. The van der Waals surface area contributed by atoms with Crippen LogP contribution in [0.3, 0.4) is 0 Å². The monoisotopic (exact) mass is 368 g/mol. The summed E-state index contributed by atoms with van der Waals surface area (Å²) in [4.78, 5) is 22.4. The highest BCUT2D eigenvalue weighted by molar-refractivity contribution is 5.84. The number of para-hydroxylation sites is 1. The fourth-order valence-electron chi connectivity index (χ4n) is 3.71. The van der Waals surface area contributed by atoms with Crippen molar-refractivity contribution in [3.05, 3.63) is 47.7 Å². The largest absolute Gasteiger partial charge is 0.372 e. The van der Waals surface area contributed by atoms with Gasteiger partial charge in [0, 0.05) is 36.7 Å². The third-order valence-electron chi connectivity index (χ3n) is 5.07. The number of aromatic amines is 1. The van der Waals surface area contributed by atoms with Crippen LogP contribution in [0.25, 0.3) is 10.9 Å². The molecular formula is C20H24N4O3. The van der Waals surface area contributed by atoms with Crippen LogP contribution in [0.4, 0.5) is 0 Å². The lowest BCUT2D eigenvalue weighted by atomic mass is 10.1. The Morgan fingerprint density at radius 1 is 1.41 bits per heavy atom. The summed E-state index contributed by atoms with van der Waals surface area (Å²) in [5, 5.41) is 5.25. The quantitative estimate of drug-likeness (QED) is 0.691. The minimum atomic E-state index is -0.0976. The van der Waals surface area contributed by atoms with Gasteiger partial charge in [-0.3, -0.25) is 4.79 Å². The average molecular weight is 368 g/mol. The Hall–Kier alpha value is -2.67. The van der Waals surface area contributed by atoms with Gasteiger partial charge in [0.05, 0.1) is 6.04 Å². The summed E-state index contributed by atoms with van der Waals surface area (Å²) in [6, 6.07) is 8.07. The van der Waals surface area contributed by atoms with Crippen LogP contribution in [0.2, 0.25) is 0 Å². The van der Waals surface area contributed by atoms with Crippen LogP contribution < -0.4 is 0 Å². The summed E-state index contributed by atoms with van der Waals surface area (Å²) in [6.07, 6.45) is 5.01. The van der Waals surface area contributed by atoms with E-state index in [-0.39, 0.29) is 11.9 Å². The van der Waals surface area contributed by atoms with Crippen molar-refractivity contribution in [3.63, 3.8) is 0 Å². The van der Waals surface area contributed by atoms with Gasteiger partial charge in [-0.15, -0.1) is 0 Å². The molecule has 2 aromatic heterocycles. The zero-order valence-corrected chi connectivity index (χ0v) is 15.5. The first-order valence-electron chi connectivity index (χ1n) is 9.51. The third kappa shape index (κ3) is 3.73. The second-order valence-electron chi connectivity index (χ2n) is 6.79. The van der Waals surface area contributed by atoms with Gasteiger partial charge in [-0.25, -0.2) is 0 Å². The van der Waals surface area contributed by atoms with Crippen molar-refractivity contribution in [3.8, 4) is 0 Å². The van der Waals surface area contributed by atoms with Crippen molar-refractivity contribution in [1.29, 1.82) is 0 Å². The summed E-state index contributed by atoms with van der Waals surface area (Å²) in [5.41, 5.74) is 2.28. The maximum Gasteiger partial charge on any atom is 0.252 e. The Bertz CT molecular complexity index is 917. The number of benzene rings is 1. The Balaban J connectivity index is 1.41. The van der Waals surface area contributed by atoms with Crippen LogP contribution in [0.5, 0.6) is 0 Å². The second-order valence-corrected chi connectivity index (χ2v) is 6.79. The fourth-order valence-corrected chi connectivity index (χ4v) is 3.71.